The van der Waals surface area contributed by atoms with Gasteiger partial charge in [0.2, 0.25) is 0 Å². The number of likely N-dealkylation sites (N-methyl/N-ethyl adjacent to an activating group) is 1. The molecule has 0 bridgehead atoms. The van der Waals surface area contributed by atoms with Crippen molar-refractivity contribution in [2.24, 2.45) is 4.99 Å². The number of amidine groups is 1. The number of anilines is 2. The lowest BCUT2D eigenvalue weighted by Crippen LogP contribution is -2.29. The largest absolute Gasteiger partial charge is 0.378 e. The normalized spacial score (nSPS) is 19.5. The molecular formula is C25H30N4OS. The van der Waals surface area contributed by atoms with Crippen molar-refractivity contribution in [3.63, 3.8) is 0 Å². The van der Waals surface area contributed by atoms with Gasteiger partial charge in [0.1, 0.15) is 0 Å². The van der Waals surface area contributed by atoms with E-state index in [9.17, 15) is 4.79 Å². The van der Waals surface area contributed by atoms with Crippen molar-refractivity contribution in [1.82, 2.24) is 4.90 Å². The number of rotatable bonds is 5. The molecule has 0 unspecified atom stereocenters. The fraction of sp³-hybridized carbons (Fsp3) is 0.360. The maximum Gasteiger partial charge on any atom is 0.266 e. The van der Waals surface area contributed by atoms with Gasteiger partial charge in [-0.15, -0.1) is 0 Å². The Balaban J connectivity index is 1.52. The van der Waals surface area contributed by atoms with E-state index in [0.29, 0.717) is 6.54 Å². The maximum absolute atomic E-state index is 12.9. The molecule has 2 aromatic rings. The van der Waals surface area contributed by atoms with Gasteiger partial charge >= 0.3 is 0 Å². The summed E-state index contributed by atoms with van der Waals surface area (Å²) in [6.07, 6.45) is 5.85. The molecule has 2 heterocycles. The van der Waals surface area contributed by atoms with Crippen LogP contribution in [0.25, 0.3) is 6.08 Å². The van der Waals surface area contributed by atoms with E-state index in [1.165, 1.54) is 36.7 Å². The van der Waals surface area contributed by atoms with Crippen LogP contribution in [0.2, 0.25) is 0 Å². The molecule has 0 aromatic heterocycles. The molecule has 31 heavy (non-hydrogen) atoms. The van der Waals surface area contributed by atoms with Crippen LogP contribution < -0.4 is 9.80 Å². The summed E-state index contributed by atoms with van der Waals surface area (Å²) < 4.78 is 0. The van der Waals surface area contributed by atoms with Gasteiger partial charge in [-0.2, -0.15) is 0 Å². The lowest BCUT2D eigenvalue weighted by Gasteiger charge is -2.28. The van der Waals surface area contributed by atoms with Crippen molar-refractivity contribution in [3.05, 3.63) is 59.0 Å². The first-order valence-corrected chi connectivity index (χ1v) is 11.8. The summed E-state index contributed by atoms with van der Waals surface area (Å²) in [5.74, 6) is 0.0243. The molecule has 2 fully saturated rings. The number of hydrogen-bond acceptors (Lipinski definition) is 5. The van der Waals surface area contributed by atoms with Crippen LogP contribution in [0.15, 0.2) is 58.4 Å². The van der Waals surface area contributed by atoms with Crippen LogP contribution in [0, 0.1) is 0 Å². The molecule has 2 aliphatic rings. The summed E-state index contributed by atoms with van der Waals surface area (Å²) in [7, 11) is 4.03. The minimum absolute atomic E-state index is 0.0243. The predicted molar refractivity (Wildman–Crippen MR) is 133 cm³/mol. The van der Waals surface area contributed by atoms with E-state index < -0.39 is 0 Å². The molecule has 2 saturated heterocycles. The number of thioether (sulfide) groups is 1. The third-order valence-corrected chi connectivity index (χ3v) is 6.71. The molecular weight excluding hydrogens is 404 g/mol. The van der Waals surface area contributed by atoms with Crippen molar-refractivity contribution in [1.29, 1.82) is 0 Å². The van der Waals surface area contributed by atoms with E-state index in [-0.39, 0.29) is 5.91 Å². The monoisotopic (exact) mass is 434 g/mol. The Labute approximate surface area is 189 Å². The summed E-state index contributed by atoms with van der Waals surface area (Å²) >= 11 is 1.45. The molecule has 0 saturated carbocycles. The number of piperidine rings is 1. The highest BCUT2D eigenvalue weighted by molar-refractivity contribution is 8.18. The lowest BCUT2D eigenvalue weighted by atomic mass is 10.1. The number of amides is 1. The van der Waals surface area contributed by atoms with Crippen molar-refractivity contribution in [2.75, 3.05) is 43.5 Å². The van der Waals surface area contributed by atoms with Crippen LogP contribution in [0.5, 0.6) is 0 Å². The van der Waals surface area contributed by atoms with Crippen LogP contribution >= 0.6 is 11.8 Å². The number of carbonyl (C=O) groups excluding carboxylic acids is 1. The Bertz CT molecular complexity index is 974. The topological polar surface area (TPSA) is 39.2 Å². The van der Waals surface area contributed by atoms with Gasteiger partial charge in [0.05, 0.1) is 10.6 Å². The number of aliphatic imine (C=N–C) groups is 1. The molecule has 162 valence electrons. The molecule has 2 aliphatic heterocycles. The van der Waals surface area contributed by atoms with Crippen LogP contribution in [-0.2, 0) is 4.79 Å². The molecule has 0 aliphatic carbocycles. The second-order valence-electron chi connectivity index (χ2n) is 8.10. The molecule has 2 aromatic carbocycles. The smallest absolute Gasteiger partial charge is 0.266 e. The van der Waals surface area contributed by atoms with Gasteiger partial charge in [0.15, 0.2) is 5.17 Å². The Hall–Kier alpha value is -2.73. The van der Waals surface area contributed by atoms with Gasteiger partial charge in [0.25, 0.3) is 5.91 Å². The van der Waals surface area contributed by atoms with Crippen LogP contribution in [0.1, 0.15) is 31.7 Å². The molecule has 0 atom stereocenters. The molecule has 0 N–H and O–H groups in total. The van der Waals surface area contributed by atoms with Crippen molar-refractivity contribution >= 4 is 46.0 Å². The van der Waals surface area contributed by atoms with Crippen molar-refractivity contribution in [2.45, 2.75) is 26.2 Å². The fourth-order valence-corrected chi connectivity index (χ4v) is 4.95. The average molecular weight is 435 g/mol. The highest BCUT2D eigenvalue weighted by Gasteiger charge is 2.32. The zero-order valence-electron chi connectivity index (χ0n) is 18.5. The van der Waals surface area contributed by atoms with E-state index in [2.05, 4.69) is 34.1 Å². The predicted octanol–water partition coefficient (Wildman–Crippen LogP) is 5.37. The summed E-state index contributed by atoms with van der Waals surface area (Å²) in [5.41, 5.74) is 4.29. The highest BCUT2D eigenvalue weighted by atomic mass is 32.2. The summed E-state index contributed by atoms with van der Waals surface area (Å²) in [6, 6.07) is 16.6. The third kappa shape index (κ3) is 4.96. The molecule has 5 nitrogen and oxygen atoms in total. The Morgan fingerprint density at radius 3 is 2.29 bits per heavy atom. The SMILES string of the molecule is CCN1C(=O)/C(=C/c2ccc(N3CCCCC3)cc2)SC1=Nc1ccc(N(C)C)cc1. The summed E-state index contributed by atoms with van der Waals surface area (Å²) in [4.78, 5) is 24.7. The Morgan fingerprint density at radius 1 is 1.00 bits per heavy atom. The minimum atomic E-state index is 0.0243. The first-order valence-electron chi connectivity index (χ1n) is 11.0. The second kappa shape index (κ2) is 9.60. The molecule has 4 rings (SSSR count). The van der Waals surface area contributed by atoms with Gasteiger partial charge < -0.3 is 9.80 Å². The van der Waals surface area contributed by atoms with Crippen molar-refractivity contribution in [3.8, 4) is 0 Å². The standard InChI is InChI=1S/C25H30N4OS/c1-4-29-24(30)23(31-25(29)26-20-10-14-21(15-11-20)27(2)3)18-19-8-12-22(13-9-19)28-16-6-5-7-17-28/h8-15,18H,4-7,16-17H2,1-3H3/b23-18-,26-25?. The van der Waals surface area contributed by atoms with E-state index in [1.54, 1.807) is 4.90 Å². The minimum Gasteiger partial charge on any atom is -0.378 e. The van der Waals surface area contributed by atoms with Gasteiger partial charge in [0, 0.05) is 45.1 Å². The fourth-order valence-electron chi connectivity index (χ4n) is 3.89. The van der Waals surface area contributed by atoms with Crippen LogP contribution in [0.3, 0.4) is 0 Å². The molecule has 0 spiro atoms. The quantitative estimate of drug-likeness (QED) is 0.594. The average Bonchev–Trinajstić information content (AvgIpc) is 3.09. The number of hydrogen-bond donors (Lipinski definition) is 0. The van der Waals surface area contributed by atoms with Crippen LogP contribution in [-0.4, -0.2) is 49.7 Å². The van der Waals surface area contributed by atoms with E-state index in [4.69, 9.17) is 4.99 Å². The summed E-state index contributed by atoms with van der Waals surface area (Å²) in [6.45, 7) is 4.86. The number of nitrogens with zero attached hydrogens (tertiary/aromatic N) is 4. The zero-order chi connectivity index (χ0) is 21.8. The van der Waals surface area contributed by atoms with Gasteiger partial charge in [-0.1, -0.05) is 12.1 Å². The number of benzene rings is 2. The summed E-state index contributed by atoms with van der Waals surface area (Å²) in [5, 5.41) is 0.737. The van der Waals surface area contributed by atoms with E-state index in [0.717, 1.165) is 40.1 Å². The van der Waals surface area contributed by atoms with Gasteiger partial charge in [-0.25, -0.2) is 4.99 Å². The number of carbonyl (C=O) groups is 1. The van der Waals surface area contributed by atoms with Crippen molar-refractivity contribution < 1.29 is 4.79 Å². The zero-order valence-corrected chi connectivity index (χ0v) is 19.4. The van der Waals surface area contributed by atoms with Gasteiger partial charge in [-0.3, -0.25) is 9.69 Å². The molecule has 0 radical (unpaired) electrons. The van der Waals surface area contributed by atoms with E-state index >= 15 is 0 Å². The Kier molecular flexibility index (Phi) is 6.66. The Morgan fingerprint density at radius 2 is 1.68 bits per heavy atom. The second-order valence-corrected chi connectivity index (χ2v) is 9.11. The molecule has 6 heteroatoms. The molecule has 1 amide bonds. The van der Waals surface area contributed by atoms with E-state index in [1.807, 2.05) is 51.4 Å². The lowest BCUT2D eigenvalue weighted by molar-refractivity contribution is -0.122. The highest BCUT2D eigenvalue weighted by Crippen LogP contribution is 2.34. The maximum atomic E-state index is 12.9. The van der Waals surface area contributed by atoms with Gasteiger partial charge in [-0.05, 0) is 86.0 Å². The first kappa shape index (κ1) is 21.5. The third-order valence-electron chi connectivity index (χ3n) is 5.71. The van der Waals surface area contributed by atoms with Crippen LogP contribution in [0.4, 0.5) is 17.1 Å². The first-order chi connectivity index (χ1) is 15.0.